The molecule has 1 saturated heterocycles. The van der Waals surface area contributed by atoms with Crippen molar-refractivity contribution in [2.75, 3.05) is 16.6 Å². The predicted molar refractivity (Wildman–Crippen MR) is 113 cm³/mol. The van der Waals surface area contributed by atoms with Gasteiger partial charge in [0.05, 0.1) is 34.2 Å². The Bertz CT molecular complexity index is 1180. The highest BCUT2D eigenvalue weighted by Gasteiger charge is 2.38. The fourth-order valence-electron chi connectivity index (χ4n) is 4.06. The topological polar surface area (TPSA) is 114 Å². The lowest BCUT2D eigenvalue weighted by molar-refractivity contribution is 0.277. The first-order chi connectivity index (χ1) is 14.0. The van der Waals surface area contributed by atoms with Crippen LogP contribution in [-0.2, 0) is 15.6 Å². The molecule has 2 N–H and O–H groups in total. The third kappa shape index (κ3) is 3.12. The van der Waals surface area contributed by atoms with Gasteiger partial charge in [-0.25, -0.2) is 13.1 Å². The molecule has 0 amide bonds. The molecule has 1 aromatic carbocycles. The molecule has 1 unspecified atom stereocenters. The van der Waals surface area contributed by atoms with Crippen LogP contribution in [0.4, 0.5) is 5.69 Å². The number of sulfonamides is 1. The number of nitrogens with zero attached hydrogens (tertiary/aromatic N) is 4. The summed E-state index contributed by atoms with van der Waals surface area (Å²) in [6, 6.07) is 9.44. The van der Waals surface area contributed by atoms with Crippen molar-refractivity contribution in [1.82, 2.24) is 9.78 Å². The second-order valence-electron chi connectivity index (χ2n) is 8.64. The molecule has 1 aromatic heterocycles. The van der Waals surface area contributed by atoms with E-state index >= 15 is 0 Å². The van der Waals surface area contributed by atoms with Gasteiger partial charge in [-0.1, -0.05) is 12.1 Å². The Kier molecular flexibility index (Phi) is 4.58. The Hall–Kier alpha value is -2.99. The maximum atomic E-state index is 12.2. The van der Waals surface area contributed by atoms with Crippen molar-refractivity contribution in [1.29, 1.82) is 5.26 Å². The summed E-state index contributed by atoms with van der Waals surface area (Å²) in [4.78, 5) is 0. The van der Waals surface area contributed by atoms with Gasteiger partial charge in [0.25, 0.3) is 0 Å². The van der Waals surface area contributed by atoms with E-state index in [0.717, 1.165) is 16.8 Å². The number of aryl methyl sites for hydroxylation is 1. The van der Waals surface area contributed by atoms with Crippen LogP contribution in [-0.4, -0.2) is 30.5 Å². The molecule has 1 atom stereocenters. The number of aromatic nitrogens is 2. The highest BCUT2D eigenvalue weighted by atomic mass is 32.2. The Balaban J connectivity index is 1.83. The lowest BCUT2D eigenvalue weighted by atomic mass is 9.84. The highest BCUT2D eigenvalue weighted by Crippen LogP contribution is 2.45. The average molecular weight is 428 g/mol. The molecule has 158 valence electrons. The van der Waals surface area contributed by atoms with Gasteiger partial charge >= 0.3 is 0 Å². The molecular weight excluding hydrogens is 402 g/mol. The van der Waals surface area contributed by atoms with E-state index in [1.807, 2.05) is 39.8 Å². The molecule has 9 heteroatoms. The van der Waals surface area contributed by atoms with Crippen molar-refractivity contribution in [3.63, 3.8) is 0 Å². The van der Waals surface area contributed by atoms with E-state index in [9.17, 15) is 13.7 Å². The Morgan fingerprint density at radius 1 is 1.27 bits per heavy atom. The van der Waals surface area contributed by atoms with Crippen molar-refractivity contribution < 1.29 is 13.2 Å². The quantitative estimate of drug-likeness (QED) is 0.788. The zero-order chi connectivity index (χ0) is 21.8. The standard InChI is InChI=1S/C21H25N5O3S/c1-13-17-18(14-6-8-15(9-7-14)25-10-5-11-30(25,27)28)16(12-22)19(23)29-20(17)26(24-13)21(2,3)4/h6-9,18H,5,10-11,23H2,1-4H3. The van der Waals surface area contributed by atoms with Crippen molar-refractivity contribution in [2.45, 2.75) is 45.6 Å². The van der Waals surface area contributed by atoms with Crippen LogP contribution >= 0.6 is 0 Å². The molecular formula is C21H25N5O3S. The predicted octanol–water partition coefficient (Wildman–Crippen LogP) is 2.70. The first-order valence-electron chi connectivity index (χ1n) is 9.82. The van der Waals surface area contributed by atoms with Gasteiger partial charge in [-0.3, -0.25) is 4.31 Å². The minimum absolute atomic E-state index is 0.0617. The molecule has 0 spiro atoms. The van der Waals surface area contributed by atoms with Crippen LogP contribution in [0.1, 0.15) is 49.9 Å². The molecule has 2 aromatic rings. The zero-order valence-electron chi connectivity index (χ0n) is 17.5. The number of nitriles is 1. The summed E-state index contributed by atoms with van der Waals surface area (Å²) >= 11 is 0. The fourth-order valence-corrected chi connectivity index (χ4v) is 5.63. The average Bonchev–Trinajstić information content (AvgIpc) is 3.19. The van der Waals surface area contributed by atoms with Crippen LogP contribution in [0, 0.1) is 18.3 Å². The summed E-state index contributed by atoms with van der Waals surface area (Å²) < 4.78 is 33.5. The summed E-state index contributed by atoms with van der Waals surface area (Å²) in [6.07, 6.45) is 0.621. The Morgan fingerprint density at radius 2 is 1.93 bits per heavy atom. The molecule has 0 aliphatic carbocycles. The lowest BCUT2D eigenvalue weighted by Crippen LogP contribution is -2.28. The number of anilines is 1. The number of fused-ring (bicyclic) bond motifs is 1. The summed E-state index contributed by atoms with van der Waals surface area (Å²) in [5.41, 5.74) is 9.13. The summed E-state index contributed by atoms with van der Waals surface area (Å²) in [5.74, 6) is 0.333. The van der Waals surface area contributed by atoms with E-state index in [0.29, 0.717) is 30.1 Å². The van der Waals surface area contributed by atoms with Crippen LogP contribution in [0.25, 0.3) is 0 Å². The van der Waals surface area contributed by atoms with Crippen LogP contribution in [0.3, 0.4) is 0 Å². The van der Waals surface area contributed by atoms with E-state index in [1.165, 1.54) is 4.31 Å². The lowest BCUT2D eigenvalue weighted by Gasteiger charge is -2.28. The van der Waals surface area contributed by atoms with Gasteiger partial charge in [-0.05, 0) is 51.8 Å². The molecule has 0 radical (unpaired) electrons. The summed E-state index contributed by atoms with van der Waals surface area (Å²) in [7, 11) is -3.25. The molecule has 0 saturated carbocycles. The fraction of sp³-hybridized carbons (Fsp3) is 0.429. The van der Waals surface area contributed by atoms with E-state index in [-0.39, 0.29) is 17.2 Å². The van der Waals surface area contributed by atoms with E-state index in [4.69, 9.17) is 10.5 Å². The minimum Gasteiger partial charge on any atom is -0.422 e. The minimum atomic E-state index is -3.25. The normalized spacial score (nSPS) is 20.6. The SMILES string of the molecule is Cc1nn(C(C)(C)C)c2c1C(c1ccc(N3CCCS3(=O)=O)cc1)C(C#N)=C(N)O2. The van der Waals surface area contributed by atoms with Gasteiger partial charge in [-0.15, -0.1) is 0 Å². The first-order valence-corrected chi connectivity index (χ1v) is 11.4. The van der Waals surface area contributed by atoms with Crippen LogP contribution in [0.5, 0.6) is 5.88 Å². The Labute approximate surface area is 176 Å². The summed E-state index contributed by atoms with van der Waals surface area (Å²) in [5, 5.41) is 14.4. The van der Waals surface area contributed by atoms with Crippen molar-refractivity contribution in [2.24, 2.45) is 5.73 Å². The molecule has 3 heterocycles. The van der Waals surface area contributed by atoms with Gasteiger partial charge in [0.15, 0.2) is 0 Å². The van der Waals surface area contributed by atoms with E-state index in [1.54, 1.807) is 16.8 Å². The second-order valence-corrected chi connectivity index (χ2v) is 10.7. The van der Waals surface area contributed by atoms with Crippen molar-refractivity contribution in [3.8, 4) is 11.9 Å². The van der Waals surface area contributed by atoms with E-state index < -0.39 is 15.9 Å². The second kappa shape index (κ2) is 6.77. The number of nitrogens with two attached hydrogens (primary N) is 1. The van der Waals surface area contributed by atoms with Gasteiger partial charge < -0.3 is 10.5 Å². The molecule has 0 bridgehead atoms. The molecule has 30 heavy (non-hydrogen) atoms. The van der Waals surface area contributed by atoms with Gasteiger partial charge in [-0.2, -0.15) is 10.4 Å². The third-order valence-corrected chi connectivity index (χ3v) is 7.35. The van der Waals surface area contributed by atoms with Crippen molar-refractivity contribution >= 4 is 15.7 Å². The molecule has 4 rings (SSSR count). The molecule has 1 fully saturated rings. The number of ether oxygens (including phenoxy) is 1. The van der Waals surface area contributed by atoms with Crippen LogP contribution < -0.4 is 14.8 Å². The maximum Gasteiger partial charge on any atom is 0.235 e. The third-order valence-electron chi connectivity index (χ3n) is 5.48. The highest BCUT2D eigenvalue weighted by molar-refractivity contribution is 7.93. The molecule has 2 aliphatic heterocycles. The smallest absolute Gasteiger partial charge is 0.235 e. The number of hydrogen-bond donors (Lipinski definition) is 1. The van der Waals surface area contributed by atoms with Crippen LogP contribution in [0.15, 0.2) is 35.7 Å². The summed E-state index contributed by atoms with van der Waals surface area (Å²) in [6.45, 7) is 8.42. The van der Waals surface area contributed by atoms with Crippen molar-refractivity contribution in [3.05, 3.63) is 52.5 Å². The number of hydrogen-bond acceptors (Lipinski definition) is 6. The first kappa shape index (κ1) is 20.3. The monoisotopic (exact) mass is 427 g/mol. The molecule has 2 aliphatic rings. The van der Waals surface area contributed by atoms with Gasteiger partial charge in [0, 0.05) is 6.54 Å². The van der Waals surface area contributed by atoms with Crippen LogP contribution in [0.2, 0.25) is 0 Å². The maximum absolute atomic E-state index is 12.2. The molecule has 8 nitrogen and oxygen atoms in total. The largest absolute Gasteiger partial charge is 0.422 e. The number of benzene rings is 1. The number of rotatable bonds is 2. The van der Waals surface area contributed by atoms with E-state index in [2.05, 4.69) is 11.2 Å². The zero-order valence-corrected chi connectivity index (χ0v) is 18.3. The van der Waals surface area contributed by atoms with Gasteiger partial charge in [0.1, 0.15) is 11.6 Å². The Morgan fingerprint density at radius 3 is 2.47 bits per heavy atom. The number of allylic oxidation sites excluding steroid dienone is 1. The van der Waals surface area contributed by atoms with Gasteiger partial charge in [0.2, 0.25) is 21.8 Å².